The molecule has 2 atom stereocenters. The normalized spacial score (nSPS) is 20.7. The molecule has 2 N–H and O–H groups in total. The molecule has 1 heterocycles. The van der Waals surface area contributed by atoms with E-state index in [-0.39, 0.29) is 31.1 Å². The Morgan fingerprint density at radius 2 is 2.00 bits per heavy atom. The van der Waals surface area contributed by atoms with Gasteiger partial charge in [-0.25, -0.2) is 4.79 Å². The average Bonchev–Trinajstić information content (AvgIpc) is 2.87. The smallest absolute Gasteiger partial charge is 0.410 e. The van der Waals surface area contributed by atoms with Crippen LogP contribution in [0.1, 0.15) is 25.3 Å². The highest BCUT2D eigenvalue weighted by Gasteiger charge is 2.37. The summed E-state index contributed by atoms with van der Waals surface area (Å²) >= 11 is 0. The van der Waals surface area contributed by atoms with Gasteiger partial charge in [-0.15, -0.1) is 0 Å². The number of rotatable bonds is 5. The summed E-state index contributed by atoms with van der Waals surface area (Å²) in [5, 5.41) is 0. The predicted molar refractivity (Wildman–Crippen MR) is 81.0 cm³/mol. The number of nitrogens with zero attached hydrogens (tertiary/aromatic N) is 1. The molecule has 0 bridgehead atoms. The van der Waals surface area contributed by atoms with Crippen molar-refractivity contribution in [1.29, 1.82) is 0 Å². The lowest BCUT2D eigenvalue weighted by Crippen LogP contribution is -2.44. The first-order chi connectivity index (χ1) is 10.6. The zero-order valence-corrected chi connectivity index (χ0v) is 12.7. The molecule has 22 heavy (non-hydrogen) atoms. The van der Waals surface area contributed by atoms with E-state index in [1.165, 1.54) is 4.90 Å². The number of benzene rings is 1. The fraction of sp³-hybridized carbons (Fsp3) is 0.500. The first-order valence-corrected chi connectivity index (χ1v) is 7.50. The van der Waals surface area contributed by atoms with Gasteiger partial charge in [0.1, 0.15) is 6.61 Å². The zero-order chi connectivity index (χ0) is 15.9. The van der Waals surface area contributed by atoms with Crippen molar-refractivity contribution in [2.75, 3.05) is 13.2 Å². The lowest BCUT2D eigenvalue weighted by Gasteiger charge is -2.25. The number of carbonyl (C=O) groups is 2. The van der Waals surface area contributed by atoms with Crippen LogP contribution in [-0.4, -0.2) is 42.2 Å². The molecule has 1 aromatic rings. The topological polar surface area (TPSA) is 81.9 Å². The number of hydrogen-bond donors (Lipinski definition) is 1. The molecule has 0 radical (unpaired) electrons. The van der Waals surface area contributed by atoms with E-state index in [1.54, 1.807) is 6.92 Å². The van der Waals surface area contributed by atoms with E-state index >= 15 is 0 Å². The second-order valence-electron chi connectivity index (χ2n) is 5.26. The van der Waals surface area contributed by atoms with Gasteiger partial charge in [0.05, 0.1) is 19.1 Å². The molecule has 2 unspecified atom stereocenters. The SMILES string of the molecule is CCOC(=O)CC1C(N)CCN1C(=O)OCc1ccccc1. The van der Waals surface area contributed by atoms with Crippen molar-refractivity contribution < 1.29 is 19.1 Å². The molecule has 1 amide bonds. The highest BCUT2D eigenvalue weighted by molar-refractivity contribution is 5.73. The fourth-order valence-corrected chi connectivity index (χ4v) is 2.56. The maximum atomic E-state index is 12.2. The molecule has 0 saturated carbocycles. The first kappa shape index (κ1) is 16.3. The summed E-state index contributed by atoms with van der Waals surface area (Å²) in [4.78, 5) is 25.4. The summed E-state index contributed by atoms with van der Waals surface area (Å²) in [6.45, 7) is 2.77. The van der Waals surface area contributed by atoms with Gasteiger partial charge >= 0.3 is 12.1 Å². The predicted octanol–water partition coefficient (Wildman–Crippen LogP) is 1.68. The van der Waals surface area contributed by atoms with E-state index in [2.05, 4.69) is 0 Å². The van der Waals surface area contributed by atoms with Crippen LogP contribution in [0.4, 0.5) is 4.79 Å². The Kier molecular flexibility index (Phi) is 5.77. The van der Waals surface area contributed by atoms with Gasteiger partial charge in [-0.05, 0) is 18.9 Å². The van der Waals surface area contributed by atoms with E-state index in [9.17, 15) is 9.59 Å². The highest BCUT2D eigenvalue weighted by atomic mass is 16.6. The van der Waals surface area contributed by atoms with Crippen LogP contribution in [-0.2, 0) is 20.9 Å². The van der Waals surface area contributed by atoms with Crippen LogP contribution in [0, 0.1) is 0 Å². The molecule has 2 rings (SSSR count). The lowest BCUT2D eigenvalue weighted by atomic mass is 10.1. The Morgan fingerprint density at radius 3 is 2.68 bits per heavy atom. The van der Waals surface area contributed by atoms with Crippen LogP contribution in [0.5, 0.6) is 0 Å². The summed E-state index contributed by atoms with van der Waals surface area (Å²) < 4.78 is 10.2. The molecule has 6 nitrogen and oxygen atoms in total. The van der Waals surface area contributed by atoms with Crippen molar-refractivity contribution in [2.45, 2.75) is 38.5 Å². The van der Waals surface area contributed by atoms with Gasteiger partial charge < -0.3 is 20.1 Å². The molecule has 1 aromatic carbocycles. The van der Waals surface area contributed by atoms with Crippen LogP contribution in [0.25, 0.3) is 0 Å². The third-order valence-electron chi connectivity index (χ3n) is 3.72. The molecule has 0 aliphatic carbocycles. The first-order valence-electron chi connectivity index (χ1n) is 7.50. The van der Waals surface area contributed by atoms with E-state index in [1.807, 2.05) is 30.3 Å². The van der Waals surface area contributed by atoms with E-state index in [0.29, 0.717) is 19.6 Å². The van der Waals surface area contributed by atoms with E-state index < -0.39 is 6.09 Å². The number of hydrogen-bond acceptors (Lipinski definition) is 5. The largest absolute Gasteiger partial charge is 0.466 e. The summed E-state index contributed by atoms with van der Waals surface area (Å²) in [6, 6.07) is 8.87. The molecule has 1 fully saturated rings. The minimum absolute atomic E-state index is 0.107. The Balaban J connectivity index is 1.91. The maximum Gasteiger partial charge on any atom is 0.410 e. The Morgan fingerprint density at radius 1 is 1.27 bits per heavy atom. The van der Waals surface area contributed by atoms with E-state index in [0.717, 1.165) is 5.56 Å². The number of likely N-dealkylation sites (tertiary alicyclic amines) is 1. The third-order valence-corrected chi connectivity index (χ3v) is 3.72. The standard InChI is InChI=1S/C16H22N2O4/c1-2-21-15(19)10-14-13(17)8-9-18(14)16(20)22-11-12-6-4-3-5-7-12/h3-7,13-14H,2,8-11,17H2,1H3. The minimum atomic E-state index is -0.439. The van der Waals surface area contributed by atoms with Gasteiger partial charge in [-0.2, -0.15) is 0 Å². The molecule has 1 aliphatic heterocycles. The summed E-state index contributed by atoms with van der Waals surface area (Å²) in [6.07, 6.45) is 0.325. The van der Waals surface area contributed by atoms with Gasteiger partial charge in [0, 0.05) is 12.6 Å². The molecule has 6 heteroatoms. The van der Waals surface area contributed by atoms with Gasteiger partial charge in [0.15, 0.2) is 0 Å². The molecule has 0 aromatic heterocycles. The van der Waals surface area contributed by atoms with Gasteiger partial charge in [-0.3, -0.25) is 4.79 Å². The van der Waals surface area contributed by atoms with Crippen LogP contribution >= 0.6 is 0 Å². The average molecular weight is 306 g/mol. The molecule has 0 spiro atoms. The Bertz CT molecular complexity index is 506. The molecular weight excluding hydrogens is 284 g/mol. The van der Waals surface area contributed by atoms with Gasteiger partial charge in [0.25, 0.3) is 0 Å². The van der Waals surface area contributed by atoms with Crippen molar-refractivity contribution in [1.82, 2.24) is 4.90 Å². The fourth-order valence-electron chi connectivity index (χ4n) is 2.56. The van der Waals surface area contributed by atoms with Crippen molar-refractivity contribution >= 4 is 12.1 Å². The number of carbonyl (C=O) groups excluding carboxylic acids is 2. The zero-order valence-electron chi connectivity index (χ0n) is 12.7. The maximum absolute atomic E-state index is 12.2. The third kappa shape index (κ3) is 4.21. The molecular formula is C16H22N2O4. The second kappa shape index (κ2) is 7.79. The quantitative estimate of drug-likeness (QED) is 0.837. The van der Waals surface area contributed by atoms with Gasteiger partial charge in [0.2, 0.25) is 0 Å². The van der Waals surface area contributed by atoms with Crippen LogP contribution in [0.2, 0.25) is 0 Å². The molecule has 120 valence electrons. The number of esters is 1. The van der Waals surface area contributed by atoms with Crippen LogP contribution in [0.15, 0.2) is 30.3 Å². The number of ether oxygens (including phenoxy) is 2. The van der Waals surface area contributed by atoms with Gasteiger partial charge in [-0.1, -0.05) is 30.3 Å². The second-order valence-corrected chi connectivity index (χ2v) is 5.26. The van der Waals surface area contributed by atoms with Crippen LogP contribution in [0.3, 0.4) is 0 Å². The summed E-state index contributed by atoms with van der Waals surface area (Å²) in [5.41, 5.74) is 6.92. The molecule has 1 saturated heterocycles. The highest BCUT2D eigenvalue weighted by Crippen LogP contribution is 2.21. The van der Waals surface area contributed by atoms with Crippen molar-refractivity contribution in [3.8, 4) is 0 Å². The lowest BCUT2D eigenvalue weighted by molar-refractivity contribution is -0.144. The monoisotopic (exact) mass is 306 g/mol. The van der Waals surface area contributed by atoms with E-state index in [4.69, 9.17) is 15.2 Å². The Hall–Kier alpha value is -2.08. The summed E-state index contributed by atoms with van der Waals surface area (Å²) in [7, 11) is 0. The number of amides is 1. The van der Waals surface area contributed by atoms with Crippen LogP contribution < -0.4 is 5.73 Å². The van der Waals surface area contributed by atoms with Crippen molar-refractivity contribution in [3.63, 3.8) is 0 Å². The molecule has 1 aliphatic rings. The summed E-state index contributed by atoms with van der Waals surface area (Å²) in [5.74, 6) is -0.342. The Labute approximate surface area is 130 Å². The van der Waals surface area contributed by atoms with Crippen molar-refractivity contribution in [2.24, 2.45) is 5.73 Å². The number of nitrogens with two attached hydrogens (primary N) is 1. The van der Waals surface area contributed by atoms with Crippen molar-refractivity contribution in [3.05, 3.63) is 35.9 Å². The minimum Gasteiger partial charge on any atom is -0.466 e.